The Kier molecular flexibility index (Phi) is 15.8. The topological polar surface area (TPSA) is 118 Å². The average Bonchev–Trinajstić information content (AvgIpc) is 3.29. The molecular weight excluding hydrogens is 428 g/mol. The Morgan fingerprint density at radius 3 is 1.36 bits per heavy atom. The number of ketones is 1. The van der Waals surface area contributed by atoms with Gasteiger partial charge in [0.05, 0.1) is 7.11 Å². The predicted molar refractivity (Wildman–Crippen MR) is 123 cm³/mol. The monoisotopic (exact) mass is 464 g/mol. The molecule has 0 aromatic heterocycles. The van der Waals surface area contributed by atoms with Crippen LogP contribution in [0.2, 0.25) is 0 Å². The van der Waals surface area contributed by atoms with Gasteiger partial charge >= 0.3 is 5.97 Å². The first-order chi connectivity index (χ1) is 15.8. The van der Waals surface area contributed by atoms with Crippen LogP contribution in [0.15, 0.2) is 24.3 Å². The zero-order valence-corrected chi connectivity index (χ0v) is 20.1. The standard InChI is InChI=1S/C11H15NO4.C11H15NO3.C2H6/c1-16-11(15)5-3-2-4-8-12-9(13)6-7-10(12)14;1-9(13)5-3-2-4-8-12-10(14)6-7-11(12)15;1-2/h6-7H,2-5,8H2,1H3;6-7H,2-5,8H2,1H3;1-2H3. The van der Waals surface area contributed by atoms with Gasteiger partial charge in [0.25, 0.3) is 23.6 Å². The molecule has 33 heavy (non-hydrogen) atoms. The molecule has 0 atom stereocenters. The lowest BCUT2D eigenvalue weighted by Crippen LogP contribution is -2.30. The molecule has 0 aromatic rings. The van der Waals surface area contributed by atoms with Crippen molar-refractivity contribution in [3.05, 3.63) is 24.3 Å². The van der Waals surface area contributed by atoms with Gasteiger partial charge < -0.3 is 9.53 Å². The summed E-state index contributed by atoms with van der Waals surface area (Å²) in [4.78, 5) is 68.4. The van der Waals surface area contributed by atoms with Crippen molar-refractivity contribution in [3.8, 4) is 0 Å². The molecule has 0 aromatic carbocycles. The third-order valence-electron chi connectivity index (χ3n) is 4.70. The molecule has 0 spiro atoms. The molecule has 0 N–H and O–H groups in total. The molecule has 184 valence electrons. The van der Waals surface area contributed by atoms with Gasteiger partial charge in [-0.05, 0) is 32.6 Å². The van der Waals surface area contributed by atoms with Crippen LogP contribution in [-0.2, 0) is 33.5 Å². The van der Waals surface area contributed by atoms with Crippen LogP contribution in [0.1, 0.15) is 72.1 Å². The van der Waals surface area contributed by atoms with E-state index in [-0.39, 0.29) is 35.4 Å². The van der Waals surface area contributed by atoms with Gasteiger partial charge in [-0.1, -0.05) is 26.7 Å². The maximum Gasteiger partial charge on any atom is 0.305 e. The van der Waals surface area contributed by atoms with Crippen LogP contribution >= 0.6 is 0 Å². The zero-order valence-electron chi connectivity index (χ0n) is 20.1. The number of ether oxygens (including phenoxy) is 1. The molecule has 2 heterocycles. The van der Waals surface area contributed by atoms with Crippen LogP contribution in [0.4, 0.5) is 0 Å². The molecule has 9 nitrogen and oxygen atoms in total. The number of hydrogen-bond donors (Lipinski definition) is 0. The lowest BCUT2D eigenvalue weighted by atomic mass is 10.1. The van der Waals surface area contributed by atoms with Gasteiger partial charge in [0, 0.05) is 50.2 Å². The molecule has 0 unspecified atom stereocenters. The van der Waals surface area contributed by atoms with Gasteiger partial charge in [0.2, 0.25) is 0 Å². The largest absolute Gasteiger partial charge is 0.469 e. The molecule has 0 radical (unpaired) electrons. The van der Waals surface area contributed by atoms with Crippen LogP contribution in [-0.4, -0.2) is 65.4 Å². The molecule has 0 aliphatic carbocycles. The van der Waals surface area contributed by atoms with Gasteiger partial charge in [0.15, 0.2) is 0 Å². The molecule has 0 fully saturated rings. The highest BCUT2D eigenvalue weighted by Crippen LogP contribution is 2.08. The van der Waals surface area contributed by atoms with Crippen molar-refractivity contribution in [3.63, 3.8) is 0 Å². The van der Waals surface area contributed by atoms with E-state index in [4.69, 9.17) is 0 Å². The second-order valence-electron chi connectivity index (χ2n) is 7.22. The molecule has 0 saturated heterocycles. The lowest BCUT2D eigenvalue weighted by molar-refractivity contribution is -0.141. The Morgan fingerprint density at radius 2 is 1.03 bits per heavy atom. The van der Waals surface area contributed by atoms with Crippen molar-refractivity contribution < 1.29 is 33.5 Å². The van der Waals surface area contributed by atoms with E-state index in [0.717, 1.165) is 38.5 Å². The molecule has 2 rings (SSSR count). The highest BCUT2D eigenvalue weighted by molar-refractivity contribution is 6.13. The molecule has 9 heteroatoms. The summed E-state index contributed by atoms with van der Waals surface area (Å²) >= 11 is 0. The Bertz CT molecular complexity index is 720. The minimum atomic E-state index is -0.252. The van der Waals surface area contributed by atoms with Crippen LogP contribution < -0.4 is 0 Å². The van der Waals surface area contributed by atoms with Crippen LogP contribution in [0.3, 0.4) is 0 Å². The summed E-state index contributed by atoms with van der Waals surface area (Å²) in [5.74, 6) is -1.01. The van der Waals surface area contributed by atoms with E-state index in [2.05, 4.69) is 4.74 Å². The fraction of sp³-hybridized carbons (Fsp3) is 0.583. The quantitative estimate of drug-likeness (QED) is 0.247. The number of esters is 1. The smallest absolute Gasteiger partial charge is 0.305 e. The van der Waals surface area contributed by atoms with Gasteiger partial charge in [-0.3, -0.25) is 33.8 Å². The number of imide groups is 2. The molecule has 2 aliphatic heterocycles. The first-order valence-corrected chi connectivity index (χ1v) is 11.4. The van der Waals surface area contributed by atoms with E-state index in [1.165, 1.54) is 41.2 Å². The Hall–Kier alpha value is -3.10. The number of unbranched alkanes of at least 4 members (excludes halogenated alkanes) is 4. The number of nitrogens with zero attached hydrogens (tertiary/aromatic N) is 2. The number of Topliss-reactive ketones (excluding diaryl/α,β-unsaturated/α-hetero) is 1. The number of hydrogen-bond acceptors (Lipinski definition) is 7. The number of rotatable bonds is 12. The highest BCUT2D eigenvalue weighted by atomic mass is 16.5. The first-order valence-electron chi connectivity index (χ1n) is 11.4. The lowest BCUT2D eigenvalue weighted by Gasteiger charge is -2.12. The van der Waals surface area contributed by atoms with E-state index in [0.29, 0.717) is 25.9 Å². The summed E-state index contributed by atoms with van der Waals surface area (Å²) in [5.41, 5.74) is 0. The van der Waals surface area contributed by atoms with E-state index < -0.39 is 0 Å². The van der Waals surface area contributed by atoms with E-state index in [9.17, 15) is 28.8 Å². The molecular formula is C24H36N2O7. The summed E-state index contributed by atoms with van der Waals surface area (Å²) in [5, 5.41) is 0. The van der Waals surface area contributed by atoms with Gasteiger partial charge in [0.1, 0.15) is 5.78 Å². The number of methoxy groups -OCH3 is 1. The second kappa shape index (κ2) is 17.5. The minimum Gasteiger partial charge on any atom is -0.469 e. The Labute approximate surface area is 195 Å². The number of carbonyl (C=O) groups is 6. The van der Waals surface area contributed by atoms with Crippen molar-refractivity contribution in [1.29, 1.82) is 0 Å². The normalized spacial score (nSPS) is 14.2. The Balaban J connectivity index is 0.000000578. The fourth-order valence-corrected chi connectivity index (χ4v) is 2.94. The minimum absolute atomic E-state index is 0.185. The van der Waals surface area contributed by atoms with Crippen molar-refractivity contribution in [2.75, 3.05) is 20.2 Å². The summed E-state index contributed by atoms with van der Waals surface area (Å²) in [6.45, 7) is 6.45. The summed E-state index contributed by atoms with van der Waals surface area (Å²) in [6, 6.07) is 0. The molecule has 2 aliphatic rings. The van der Waals surface area contributed by atoms with Gasteiger partial charge in [-0.15, -0.1) is 0 Å². The summed E-state index contributed by atoms with van der Waals surface area (Å²) in [6.07, 6.45) is 10.8. The number of amides is 4. The third kappa shape index (κ3) is 12.5. The fourth-order valence-electron chi connectivity index (χ4n) is 2.94. The zero-order chi connectivity index (χ0) is 25.2. The summed E-state index contributed by atoms with van der Waals surface area (Å²) < 4.78 is 4.50. The third-order valence-corrected chi connectivity index (χ3v) is 4.70. The molecule has 0 saturated carbocycles. The van der Waals surface area contributed by atoms with Gasteiger partial charge in [-0.2, -0.15) is 0 Å². The van der Waals surface area contributed by atoms with Crippen molar-refractivity contribution in [2.24, 2.45) is 0 Å². The predicted octanol–water partition coefficient (Wildman–Crippen LogP) is 2.73. The second-order valence-corrected chi connectivity index (χ2v) is 7.22. The van der Waals surface area contributed by atoms with Gasteiger partial charge in [-0.25, -0.2) is 0 Å². The van der Waals surface area contributed by atoms with Crippen LogP contribution in [0.25, 0.3) is 0 Å². The van der Waals surface area contributed by atoms with E-state index >= 15 is 0 Å². The van der Waals surface area contributed by atoms with Crippen molar-refractivity contribution >= 4 is 35.4 Å². The SMILES string of the molecule is CC.CC(=O)CCCCCN1C(=O)C=CC1=O.COC(=O)CCCCCN1C(=O)C=CC1=O. The molecule has 4 amide bonds. The van der Waals surface area contributed by atoms with Crippen LogP contribution in [0.5, 0.6) is 0 Å². The highest BCUT2D eigenvalue weighted by Gasteiger charge is 2.22. The molecule has 0 bridgehead atoms. The Morgan fingerprint density at radius 1 is 0.667 bits per heavy atom. The number of carbonyl (C=O) groups excluding carboxylic acids is 6. The van der Waals surface area contributed by atoms with Crippen LogP contribution in [0, 0.1) is 0 Å². The maximum absolute atomic E-state index is 11.1. The first kappa shape index (κ1) is 29.9. The maximum atomic E-state index is 11.1. The average molecular weight is 465 g/mol. The summed E-state index contributed by atoms with van der Waals surface area (Å²) in [7, 11) is 1.36. The van der Waals surface area contributed by atoms with E-state index in [1.54, 1.807) is 6.92 Å². The van der Waals surface area contributed by atoms with E-state index in [1.807, 2.05) is 13.8 Å². The van der Waals surface area contributed by atoms with Crippen molar-refractivity contribution in [2.45, 2.75) is 72.1 Å². The van der Waals surface area contributed by atoms with Crippen molar-refractivity contribution in [1.82, 2.24) is 9.80 Å².